The second-order valence-corrected chi connectivity index (χ2v) is 5.92. The quantitative estimate of drug-likeness (QED) is 0.682. The molecular weight excluding hydrogens is 216 g/mol. The zero-order valence-electron chi connectivity index (χ0n) is 8.90. The lowest BCUT2D eigenvalue weighted by Crippen LogP contribution is -2.44. The molecule has 1 fully saturated rings. The molecule has 6 heteroatoms. The first kappa shape index (κ1) is 12.4. The minimum Gasteiger partial charge on any atom is -0.320 e. The van der Waals surface area contributed by atoms with E-state index in [4.69, 9.17) is 5.73 Å². The average Bonchev–Trinajstić information content (AvgIpc) is 2.96. The van der Waals surface area contributed by atoms with Gasteiger partial charge in [-0.2, -0.15) is 0 Å². The number of hydrogen-bond acceptors (Lipinski definition) is 4. The molecule has 1 unspecified atom stereocenters. The summed E-state index contributed by atoms with van der Waals surface area (Å²) in [6.45, 7) is 1.99. The first-order chi connectivity index (χ1) is 6.97. The highest BCUT2D eigenvalue weighted by molar-refractivity contribution is 7.90. The molecule has 3 N–H and O–H groups in total. The van der Waals surface area contributed by atoms with Gasteiger partial charge in [-0.15, -0.1) is 0 Å². The Morgan fingerprint density at radius 1 is 1.53 bits per heavy atom. The third-order valence-electron chi connectivity index (χ3n) is 2.41. The van der Waals surface area contributed by atoms with Gasteiger partial charge in [0, 0.05) is 0 Å². The second-order valence-electron chi connectivity index (χ2n) is 3.96. The molecular formula is C9H18N2O3S. The summed E-state index contributed by atoms with van der Waals surface area (Å²) in [6.07, 6.45) is 3.59. The summed E-state index contributed by atoms with van der Waals surface area (Å²) in [6, 6.07) is -0.710. The number of hydrogen-bond donors (Lipinski definition) is 2. The first-order valence-electron chi connectivity index (χ1n) is 5.28. The maximum atomic E-state index is 11.4. The van der Waals surface area contributed by atoms with Crippen LogP contribution in [0.15, 0.2) is 0 Å². The number of rotatable bonds is 6. The Morgan fingerprint density at radius 2 is 2.13 bits per heavy atom. The van der Waals surface area contributed by atoms with E-state index in [9.17, 15) is 13.2 Å². The van der Waals surface area contributed by atoms with Gasteiger partial charge in [-0.05, 0) is 19.3 Å². The highest BCUT2D eigenvalue weighted by atomic mass is 32.2. The zero-order chi connectivity index (χ0) is 11.5. The van der Waals surface area contributed by atoms with Crippen LogP contribution in [0.25, 0.3) is 0 Å². The molecule has 0 aromatic carbocycles. The minimum absolute atomic E-state index is 0.375. The molecule has 0 aliphatic heterocycles. The number of unbranched alkanes of at least 4 members (excludes halogenated alkanes) is 1. The molecule has 0 spiro atoms. The zero-order valence-corrected chi connectivity index (χ0v) is 9.72. The molecule has 0 aromatic rings. The van der Waals surface area contributed by atoms with E-state index < -0.39 is 22.0 Å². The van der Waals surface area contributed by atoms with E-state index in [1.165, 1.54) is 0 Å². The van der Waals surface area contributed by atoms with Crippen molar-refractivity contribution in [1.82, 2.24) is 4.72 Å². The van der Waals surface area contributed by atoms with Crippen LogP contribution in [-0.2, 0) is 14.8 Å². The van der Waals surface area contributed by atoms with Crippen molar-refractivity contribution in [1.29, 1.82) is 0 Å². The van der Waals surface area contributed by atoms with Gasteiger partial charge in [0.25, 0.3) is 0 Å². The highest BCUT2D eigenvalue weighted by Crippen LogP contribution is 2.27. The topological polar surface area (TPSA) is 89.3 Å². The smallest absolute Gasteiger partial charge is 0.250 e. The van der Waals surface area contributed by atoms with Gasteiger partial charge in [0.15, 0.2) is 0 Å². The SMILES string of the molecule is CCCCC(N)C(=O)NS(=O)(=O)C1CC1. The molecule has 1 aliphatic carbocycles. The summed E-state index contributed by atoms with van der Waals surface area (Å²) in [4.78, 5) is 11.4. The van der Waals surface area contributed by atoms with Gasteiger partial charge in [-0.3, -0.25) is 9.52 Å². The van der Waals surface area contributed by atoms with Crippen LogP contribution in [-0.4, -0.2) is 25.6 Å². The fourth-order valence-corrected chi connectivity index (χ4v) is 2.59. The average molecular weight is 234 g/mol. The summed E-state index contributed by atoms with van der Waals surface area (Å²) in [5.41, 5.74) is 5.55. The van der Waals surface area contributed by atoms with E-state index >= 15 is 0 Å². The Bertz CT molecular complexity index is 322. The Kier molecular flexibility index (Phi) is 4.10. The van der Waals surface area contributed by atoms with Crippen molar-refractivity contribution >= 4 is 15.9 Å². The predicted molar refractivity (Wildman–Crippen MR) is 57.6 cm³/mol. The summed E-state index contributed by atoms with van der Waals surface area (Å²) < 4.78 is 24.8. The van der Waals surface area contributed by atoms with Gasteiger partial charge in [0.1, 0.15) is 0 Å². The lowest BCUT2D eigenvalue weighted by atomic mass is 10.1. The van der Waals surface area contributed by atoms with Crippen molar-refractivity contribution in [3.63, 3.8) is 0 Å². The van der Waals surface area contributed by atoms with E-state index in [0.29, 0.717) is 19.3 Å². The van der Waals surface area contributed by atoms with Gasteiger partial charge in [-0.25, -0.2) is 8.42 Å². The largest absolute Gasteiger partial charge is 0.320 e. The molecule has 15 heavy (non-hydrogen) atoms. The molecule has 1 atom stereocenters. The van der Waals surface area contributed by atoms with Crippen molar-refractivity contribution in [3.05, 3.63) is 0 Å². The number of carbonyl (C=O) groups excluding carboxylic acids is 1. The number of carbonyl (C=O) groups is 1. The molecule has 1 saturated carbocycles. The lowest BCUT2D eigenvalue weighted by molar-refractivity contribution is -0.120. The minimum atomic E-state index is -3.44. The van der Waals surface area contributed by atoms with E-state index in [1.54, 1.807) is 0 Å². The van der Waals surface area contributed by atoms with Gasteiger partial charge in [0.05, 0.1) is 11.3 Å². The standard InChI is InChI=1S/C9H18N2O3S/c1-2-3-4-8(10)9(12)11-15(13,14)7-5-6-7/h7-8H,2-6,10H2,1H3,(H,11,12). The van der Waals surface area contributed by atoms with Crippen LogP contribution in [0.4, 0.5) is 0 Å². The lowest BCUT2D eigenvalue weighted by Gasteiger charge is -2.11. The maximum Gasteiger partial charge on any atom is 0.250 e. The van der Waals surface area contributed by atoms with Gasteiger partial charge < -0.3 is 5.73 Å². The van der Waals surface area contributed by atoms with Crippen molar-refractivity contribution < 1.29 is 13.2 Å². The fourth-order valence-electron chi connectivity index (χ4n) is 1.23. The number of nitrogens with one attached hydrogen (secondary N) is 1. The van der Waals surface area contributed by atoms with Crippen LogP contribution in [0.3, 0.4) is 0 Å². The van der Waals surface area contributed by atoms with Crippen molar-refractivity contribution in [2.75, 3.05) is 0 Å². The van der Waals surface area contributed by atoms with Gasteiger partial charge >= 0.3 is 0 Å². The number of nitrogens with two attached hydrogens (primary N) is 1. The molecule has 0 aromatic heterocycles. The Labute approximate surface area is 90.5 Å². The third kappa shape index (κ3) is 3.79. The molecule has 88 valence electrons. The first-order valence-corrected chi connectivity index (χ1v) is 6.83. The van der Waals surface area contributed by atoms with Crippen LogP contribution in [0.2, 0.25) is 0 Å². The van der Waals surface area contributed by atoms with Crippen molar-refractivity contribution in [3.8, 4) is 0 Å². The molecule has 5 nitrogen and oxygen atoms in total. The Balaban J connectivity index is 2.40. The summed E-state index contributed by atoms with van der Waals surface area (Å²) in [5.74, 6) is -0.574. The third-order valence-corrected chi connectivity index (χ3v) is 4.25. The van der Waals surface area contributed by atoms with E-state index in [0.717, 1.165) is 12.8 Å². The van der Waals surface area contributed by atoms with Crippen molar-refractivity contribution in [2.24, 2.45) is 5.73 Å². The van der Waals surface area contributed by atoms with Gasteiger partial charge in [-0.1, -0.05) is 19.8 Å². The summed E-state index contributed by atoms with van der Waals surface area (Å²) in [7, 11) is -3.44. The molecule has 0 heterocycles. The Morgan fingerprint density at radius 3 is 2.60 bits per heavy atom. The highest BCUT2D eigenvalue weighted by Gasteiger charge is 2.37. The van der Waals surface area contributed by atoms with Crippen LogP contribution < -0.4 is 10.5 Å². The maximum absolute atomic E-state index is 11.4. The number of sulfonamides is 1. The Hall–Kier alpha value is -0.620. The molecule has 1 rings (SSSR count). The monoisotopic (exact) mass is 234 g/mol. The molecule has 0 bridgehead atoms. The van der Waals surface area contributed by atoms with E-state index in [2.05, 4.69) is 0 Å². The molecule has 1 aliphatic rings. The van der Waals surface area contributed by atoms with Crippen LogP contribution in [0.1, 0.15) is 39.0 Å². The summed E-state index contributed by atoms with van der Waals surface area (Å²) in [5, 5.41) is -0.375. The normalized spacial score (nSPS) is 18.5. The second kappa shape index (κ2) is 4.94. The van der Waals surface area contributed by atoms with Crippen molar-refractivity contribution in [2.45, 2.75) is 50.3 Å². The summed E-state index contributed by atoms with van der Waals surface area (Å²) >= 11 is 0. The molecule has 0 saturated heterocycles. The van der Waals surface area contributed by atoms with Crippen LogP contribution in [0, 0.1) is 0 Å². The van der Waals surface area contributed by atoms with Crippen LogP contribution in [0.5, 0.6) is 0 Å². The number of amides is 1. The molecule has 0 radical (unpaired) electrons. The van der Waals surface area contributed by atoms with E-state index in [1.807, 2.05) is 11.6 Å². The van der Waals surface area contributed by atoms with Crippen LogP contribution >= 0.6 is 0 Å². The fraction of sp³-hybridized carbons (Fsp3) is 0.889. The predicted octanol–water partition coefficient (Wildman–Crippen LogP) is 0.112. The van der Waals surface area contributed by atoms with Gasteiger partial charge in [0.2, 0.25) is 15.9 Å². The van der Waals surface area contributed by atoms with E-state index in [-0.39, 0.29) is 5.25 Å². The molecule has 1 amide bonds.